The number of hydrogen-bond acceptors (Lipinski definition) is 4. The van der Waals surface area contributed by atoms with Crippen molar-refractivity contribution in [3.63, 3.8) is 0 Å². The molecule has 4 nitrogen and oxygen atoms in total. The lowest BCUT2D eigenvalue weighted by Crippen LogP contribution is -2.22. The average Bonchev–Trinajstić information content (AvgIpc) is 2.46. The lowest BCUT2D eigenvalue weighted by molar-refractivity contribution is 0.506. The minimum Gasteiger partial charge on any atom is -0.378 e. The summed E-state index contributed by atoms with van der Waals surface area (Å²) in [6.07, 6.45) is 1.53. The molecule has 1 rings (SSSR count). The molecule has 1 aromatic rings. The molecule has 1 N–H and O–H groups in total. The maximum absolute atomic E-state index is 11.6. The number of hydrogen-bond donors (Lipinski definition) is 1. The van der Waals surface area contributed by atoms with Crippen molar-refractivity contribution in [3.05, 3.63) is 29.8 Å². The van der Waals surface area contributed by atoms with Gasteiger partial charge in [0.2, 0.25) is 0 Å². The van der Waals surface area contributed by atoms with Gasteiger partial charge in [-0.25, -0.2) is 8.42 Å². The van der Waals surface area contributed by atoms with E-state index in [4.69, 9.17) is 0 Å². The molecule has 0 bridgehead atoms. The Labute approximate surface area is 129 Å². The first-order valence-corrected chi connectivity index (χ1v) is 9.42. The average molecular weight is 312 g/mol. The summed E-state index contributed by atoms with van der Waals surface area (Å²) in [6.45, 7) is 4.65. The Bertz CT molecular complexity index is 527. The van der Waals surface area contributed by atoms with Crippen LogP contribution in [-0.4, -0.2) is 40.6 Å². The summed E-state index contributed by atoms with van der Waals surface area (Å²) >= 11 is 0. The molecular formula is C16H28N2O2S. The molecule has 1 atom stereocenters. The van der Waals surface area contributed by atoms with Gasteiger partial charge in [-0.15, -0.1) is 0 Å². The van der Waals surface area contributed by atoms with Gasteiger partial charge in [0.05, 0.1) is 5.75 Å². The number of nitrogens with one attached hydrogen (secondary N) is 1. The van der Waals surface area contributed by atoms with Crippen molar-refractivity contribution >= 4 is 15.5 Å². The Kier molecular flexibility index (Phi) is 7.18. The van der Waals surface area contributed by atoms with E-state index in [9.17, 15) is 8.42 Å². The third kappa shape index (κ3) is 6.06. The Morgan fingerprint density at radius 1 is 1.24 bits per heavy atom. The fourth-order valence-corrected chi connectivity index (χ4v) is 3.20. The van der Waals surface area contributed by atoms with Gasteiger partial charge in [0.1, 0.15) is 9.84 Å². The maximum Gasteiger partial charge on any atom is 0.150 e. The van der Waals surface area contributed by atoms with Gasteiger partial charge in [-0.05, 0) is 37.1 Å². The second-order valence-electron chi connectivity index (χ2n) is 5.48. The molecule has 0 radical (unpaired) electrons. The molecule has 0 saturated carbocycles. The molecule has 5 heteroatoms. The van der Waals surface area contributed by atoms with Crippen LogP contribution in [0.2, 0.25) is 0 Å². The van der Waals surface area contributed by atoms with Crippen molar-refractivity contribution in [2.75, 3.05) is 37.0 Å². The van der Waals surface area contributed by atoms with Gasteiger partial charge < -0.3 is 10.2 Å². The first-order chi connectivity index (χ1) is 9.89. The van der Waals surface area contributed by atoms with Crippen molar-refractivity contribution in [2.45, 2.75) is 32.7 Å². The summed E-state index contributed by atoms with van der Waals surface area (Å²) in [5.41, 5.74) is 2.38. The van der Waals surface area contributed by atoms with Gasteiger partial charge in [0, 0.05) is 31.6 Å². The van der Waals surface area contributed by atoms with Crippen molar-refractivity contribution in [1.82, 2.24) is 5.32 Å². The number of sulfone groups is 1. The van der Waals surface area contributed by atoms with E-state index in [1.165, 1.54) is 5.56 Å². The van der Waals surface area contributed by atoms with Crippen LogP contribution in [0.3, 0.4) is 0 Å². The van der Waals surface area contributed by atoms with Crippen LogP contribution >= 0.6 is 0 Å². The van der Waals surface area contributed by atoms with Crippen LogP contribution in [0.1, 0.15) is 38.3 Å². The number of nitrogens with zero attached hydrogens (tertiary/aromatic N) is 1. The highest BCUT2D eigenvalue weighted by molar-refractivity contribution is 7.91. The molecule has 1 unspecified atom stereocenters. The quantitative estimate of drug-likeness (QED) is 0.761. The zero-order valence-electron chi connectivity index (χ0n) is 13.6. The number of anilines is 1. The lowest BCUT2D eigenvalue weighted by atomic mass is 10.0. The summed E-state index contributed by atoms with van der Waals surface area (Å²) in [5, 5.41) is 3.46. The second kappa shape index (κ2) is 8.39. The van der Waals surface area contributed by atoms with Gasteiger partial charge in [0.25, 0.3) is 0 Å². The van der Waals surface area contributed by atoms with E-state index in [1.54, 1.807) is 6.92 Å². The fraction of sp³-hybridized carbons (Fsp3) is 0.625. The first kappa shape index (κ1) is 18.0. The monoisotopic (exact) mass is 312 g/mol. The minimum absolute atomic E-state index is 0.210. The molecule has 0 spiro atoms. The van der Waals surface area contributed by atoms with E-state index in [0.717, 1.165) is 18.7 Å². The smallest absolute Gasteiger partial charge is 0.150 e. The third-order valence-corrected chi connectivity index (χ3v) is 5.42. The lowest BCUT2D eigenvalue weighted by Gasteiger charge is -2.21. The van der Waals surface area contributed by atoms with Crippen LogP contribution in [0.15, 0.2) is 24.3 Å². The van der Waals surface area contributed by atoms with Crippen LogP contribution in [0, 0.1) is 0 Å². The van der Waals surface area contributed by atoms with Gasteiger partial charge >= 0.3 is 0 Å². The van der Waals surface area contributed by atoms with Gasteiger partial charge in [-0.1, -0.05) is 26.0 Å². The third-order valence-electron chi connectivity index (χ3n) is 3.63. The summed E-state index contributed by atoms with van der Waals surface area (Å²) in [7, 11) is 1.18. The predicted molar refractivity (Wildman–Crippen MR) is 90.7 cm³/mol. The highest BCUT2D eigenvalue weighted by atomic mass is 32.2. The zero-order chi connectivity index (χ0) is 15.9. The SMILES string of the molecule is CCNC(CCCS(=O)(=O)CC)c1cccc(N(C)C)c1. The summed E-state index contributed by atoms with van der Waals surface area (Å²) in [4.78, 5) is 2.08. The zero-order valence-corrected chi connectivity index (χ0v) is 14.4. The summed E-state index contributed by atoms with van der Waals surface area (Å²) < 4.78 is 23.2. The van der Waals surface area contributed by atoms with Crippen molar-refractivity contribution in [2.24, 2.45) is 0 Å². The minimum atomic E-state index is -2.87. The topological polar surface area (TPSA) is 49.4 Å². The highest BCUT2D eigenvalue weighted by Gasteiger charge is 2.13. The summed E-state index contributed by atoms with van der Waals surface area (Å²) in [5.74, 6) is 0.508. The predicted octanol–water partition coefficient (Wildman–Crippen LogP) is 2.62. The Hall–Kier alpha value is -1.07. The normalized spacial score (nSPS) is 13.1. The molecule has 0 aliphatic rings. The van der Waals surface area contributed by atoms with Gasteiger partial charge in [-0.2, -0.15) is 0 Å². The molecule has 1 aromatic carbocycles. The second-order valence-corrected chi connectivity index (χ2v) is 7.95. The Balaban J connectivity index is 2.75. The molecule has 0 aromatic heterocycles. The summed E-state index contributed by atoms with van der Waals surface area (Å²) in [6, 6.07) is 8.62. The van der Waals surface area contributed by atoms with E-state index in [2.05, 4.69) is 41.4 Å². The fourth-order valence-electron chi connectivity index (χ4n) is 2.30. The van der Waals surface area contributed by atoms with E-state index in [0.29, 0.717) is 6.42 Å². The van der Waals surface area contributed by atoms with E-state index < -0.39 is 9.84 Å². The molecule has 0 fully saturated rings. The molecule has 21 heavy (non-hydrogen) atoms. The molecular weight excluding hydrogens is 284 g/mol. The molecule has 0 aliphatic heterocycles. The largest absolute Gasteiger partial charge is 0.378 e. The standard InChI is InChI=1S/C16H28N2O2S/c1-5-17-16(11-8-12-21(19,20)6-2)14-9-7-10-15(13-14)18(3)4/h7,9-10,13,16-17H,5-6,8,11-12H2,1-4H3. The van der Waals surface area contributed by atoms with E-state index in [1.807, 2.05) is 14.1 Å². The van der Waals surface area contributed by atoms with Crippen LogP contribution in [-0.2, 0) is 9.84 Å². The van der Waals surface area contributed by atoms with Crippen LogP contribution in [0.5, 0.6) is 0 Å². The first-order valence-electron chi connectivity index (χ1n) is 7.60. The van der Waals surface area contributed by atoms with Crippen molar-refractivity contribution in [1.29, 1.82) is 0 Å². The molecule has 0 aliphatic carbocycles. The van der Waals surface area contributed by atoms with Crippen LogP contribution < -0.4 is 10.2 Å². The van der Waals surface area contributed by atoms with Crippen molar-refractivity contribution in [3.8, 4) is 0 Å². The van der Waals surface area contributed by atoms with Crippen LogP contribution in [0.4, 0.5) is 5.69 Å². The maximum atomic E-state index is 11.6. The van der Waals surface area contributed by atoms with Gasteiger partial charge in [0.15, 0.2) is 0 Å². The molecule has 0 heterocycles. The number of benzene rings is 1. The highest BCUT2D eigenvalue weighted by Crippen LogP contribution is 2.23. The van der Waals surface area contributed by atoms with Crippen molar-refractivity contribution < 1.29 is 8.42 Å². The number of rotatable bonds is 9. The van der Waals surface area contributed by atoms with E-state index >= 15 is 0 Å². The van der Waals surface area contributed by atoms with E-state index in [-0.39, 0.29) is 17.5 Å². The Morgan fingerprint density at radius 2 is 1.95 bits per heavy atom. The van der Waals surface area contributed by atoms with Crippen LogP contribution in [0.25, 0.3) is 0 Å². The van der Waals surface area contributed by atoms with Gasteiger partial charge in [-0.3, -0.25) is 0 Å². The Morgan fingerprint density at radius 3 is 2.52 bits per heavy atom. The molecule has 120 valence electrons. The molecule has 0 saturated heterocycles. The molecule has 0 amide bonds.